The quantitative estimate of drug-likeness (QED) is 0.648. The van der Waals surface area contributed by atoms with Crippen LogP contribution in [0.4, 0.5) is 4.39 Å². The summed E-state index contributed by atoms with van der Waals surface area (Å²) in [7, 11) is -3.22. The van der Waals surface area contributed by atoms with E-state index in [9.17, 15) is 12.8 Å². The van der Waals surface area contributed by atoms with Gasteiger partial charge in [0.05, 0.1) is 15.9 Å². The Morgan fingerprint density at radius 3 is 2.57 bits per heavy atom. The average Bonchev–Trinajstić information content (AvgIpc) is 3.22. The summed E-state index contributed by atoms with van der Waals surface area (Å²) in [6, 6.07) is 10.8. The molecule has 30 heavy (non-hydrogen) atoms. The van der Waals surface area contributed by atoms with Gasteiger partial charge in [-0.3, -0.25) is 4.90 Å². The summed E-state index contributed by atoms with van der Waals surface area (Å²) in [4.78, 5) is 10.1. The van der Waals surface area contributed by atoms with Crippen molar-refractivity contribution in [2.75, 3.05) is 19.3 Å². The number of halogens is 1. The highest BCUT2D eigenvalue weighted by molar-refractivity contribution is 7.90. The maximum Gasteiger partial charge on any atom is 0.175 e. The van der Waals surface area contributed by atoms with Crippen LogP contribution in [0, 0.1) is 13.8 Å². The number of likely N-dealkylation sites (tertiary alicyclic amines) is 1. The lowest BCUT2D eigenvalue weighted by Crippen LogP contribution is -2.24. The summed E-state index contributed by atoms with van der Waals surface area (Å²) in [5.74, 6) is 0.692. The van der Waals surface area contributed by atoms with E-state index >= 15 is 0 Å². The average molecular weight is 432 g/mol. The van der Waals surface area contributed by atoms with Gasteiger partial charge in [0.25, 0.3) is 0 Å². The number of ether oxygens (including phenoxy) is 1. The highest BCUT2D eigenvalue weighted by Crippen LogP contribution is 2.22. The topological polar surface area (TPSA) is 75.3 Å². The van der Waals surface area contributed by atoms with Crippen LogP contribution in [0.3, 0.4) is 0 Å². The van der Waals surface area contributed by atoms with Crippen molar-refractivity contribution < 1.29 is 17.5 Å². The first-order valence-corrected chi connectivity index (χ1v) is 11.8. The monoisotopic (exact) mass is 431 g/mol. The number of rotatable bonds is 6. The first-order valence-electron chi connectivity index (χ1n) is 9.92. The van der Waals surface area contributed by atoms with Gasteiger partial charge in [-0.05, 0) is 54.8 Å². The minimum atomic E-state index is -3.22. The molecule has 0 aliphatic carbocycles. The standard InChI is InChI=1S/C22H26FN3O3S/c1-14-8-19-20(9-15(14)2)25-22(24-19)13-29-21-12-26(11-18(21)23)10-16-4-6-17(7-5-16)30(3,27)28/h4-9,18,21H,10-13H2,1-3H3,(H,24,25)/t18-,21+/m1/s1. The lowest BCUT2D eigenvalue weighted by molar-refractivity contribution is 0.00863. The van der Waals surface area contributed by atoms with Crippen molar-refractivity contribution in [3.05, 3.63) is 58.9 Å². The number of hydrogen-bond acceptors (Lipinski definition) is 5. The number of alkyl halides is 1. The Balaban J connectivity index is 1.35. The van der Waals surface area contributed by atoms with Gasteiger partial charge in [0.1, 0.15) is 24.7 Å². The van der Waals surface area contributed by atoms with Crippen molar-refractivity contribution in [3.8, 4) is 0 Å². The van der Waals surface area contributed by atoms with Crippen molar-refractivity contribution in [2.45, 2.75) is 44.2 Å². The highest BCUT2D eigenvalue weighted by atomic mass is 32.2. The van der Waals surface area contributed by atoms with Gasteiger partial charge < -0.3 is 9.72 Å². The SMILES string of the molecule is Cc1cc2nc(CO[C@H]3CN(Cc4ccc(S(C)(=O)=O)cc4)C[C@H]3F)[nH]c2cc1C. The summed E-state index contributed by atoms with van der Waals surface area (Å²) >= 11 is 0. The molecule has 2 heterocycles. The molecule has 0 bridgehead atoms. The van der Waals surface area contributed by atoms with Crippen LogP contribution in [0.15, 0.2) is 41.3 Å². The van der Waals surface area contributed by atoms with Crippen molar-refractivity contribution in [2.24, 2.45) is 0 Å². The molecule has 6 nitrogen and oxygen atoms in total. The smallest absolute Gasteiger partial charge is 0.175 e. The zero-order valence-corrected chi connectivity index (χ0v) is 18.2. The van der Waals surface area contributed by atoms with Gasteiger partial charge in [-0.2, -0.15) is 0 Å². The molecular weight excluding hydrogens is 405 g/mol. The van der Waals surface area contributed by atoms with E-state index < -0.39 is 22.1 Å². The highest BCUT2D eigenvalue weighted by Gasteiger charge is 2.33. The van der Waals surface area contributed by atoms with Gasteiger partial charge in [0.15, 0.2) is 9.84 Å². The summed E-state index contributed by atoms with van der Waals surface area (Å²) in [6.45, 7) is 5.66. The predicted octanol–water partition coefficient (Wildman–Crippen LogP) is 3.32. The number of benzene rings is 2. The van der Waals surface area contributed by atoms with Crippen molar-refractivity contribution in [3.63, 3.8) is 0 Å². The molecule has 8 heteroatoms. The van der Waals surface area contributed by atoms with Crippen molar-refractivity contribution >= 4 is 20.9 Å². The second kappa shape index (κ2) is 8.09. The lowest BCUT2D eigenvalue weighted by Gasteiger charge is -2.16. The molecule has 160 valence electrons. The molecule has 0 spiro atoms. The maximum atomic E-state index is 14.5. The normalized spacial score (nSPS) is 20.3. The number of aromatic amines is 1. The summed E-state index contributed by atoms with van der Waals surface area (Å²) < 4.78 is 43.5. The number of imidazole rings is 1. The number of aryl methyl sites for hydroxylation is 2. The van der Waals surface area contributed by atoms with Gasteiger partial charge in [-0.15, -0.1) is 0 Å². The van der Waals surface area contributed by atoms with Crippen LogP contribution < -0.4 is 0 Å². The fourth-order valence-electron chi connectivity index (χ4n) is 3.77. The third-order valence-corrected chi connectivity index (χ3v) is 6.74. The van der Waals surface area contributed by atoms with Crippen LogP contribution in [0.1, 0.15) is 22.5 Å². The zero-order chi connectivity index (χ0) is 21.5. The van der Waals surface area contributed by atoms with Gasteiger partial charge in [-0.25, -0.2) is 17.8 Å². The van der Waals surface area contributed by atoms with E-state index in [4.69, 9.17) is 4.74 Å². The minimum absolute atomic E-state index is 0.231. The first kappa shape index (κ1) is 21.0. The number of aromatic nitrogens is 2. The number of nitrogens with one attached hydrogen (secondary N) is 1. The third-order valence-electron chi connectivity index (χ3n) is 5.61. The van der Waals surface area contributed by atoms with Gasteiger partial charge in [0, 0.05) is 25.9 Å². The molecule has 0 saturated carbocycles. The van der Waals surface area contributed by atoms with E-state index in [1.165, 1.54) is 17.4 Å². The van der Waals surface area contributed by atoms with E-state index in [2.05, 4.69) is 29.9 Å². The fourth-order valence-corrected chi connectivity index (χ4v) is 4.40. The summed E-state index contributed by atoms with van der Waals surface area (Å²) in [5.41, 5.74) is 5.16. The molecule has 1 fully saturated rings. The first-order chi connectivity index (χ1) is 14.2. The van der Waals surface area contributed by atoms with Crippen LogP contribution >= 0.6 is 0 Å². The number of H-pyrrole nitrogens is 1. The van der Waals surface area contributed by atoms with Gasteiger partial charge in [-0.1, -0.05) is 12.1 Å². The van der Waals surface area contributed by atoms with E-state index in [0.717, 1.165) is 16.6 Å². The maximum absolute atomic E-state index is 14.5. The Labute approximate surface area is 176 Å². The third kappa shape index (κ3) is 4.55. The van der Waals surface area contributed by atoms with Crippen LogP contribution in [0.2, 0.25) is 0 Å². The molecule has 1 aromatic heterocycles. The Kier molecular flexibility index (Phi) is 5.65. The molecule has 0 unspecified atom stereocenters. The molecule has 1 saturated heterocycles. The molecule has 2 aromatic carbocycles. The summed E-state index contributed by atoms with van der Waals surface area (Å²) in [5, 5.41) is 0. The van der Waals surface area contributed by atoms with Crippen LogP contribution in [0.5, 0.6) is 0 Å². The predicted molar refractivity (Wildman–Crippen MR) is 114 cm³/mol. The van der Waals surface area contributed by atoms with Crippen molar-refractivity contribution in [1.29, 1.82) is 0 Å². The molecule has 0 radical (unpaired) electrons. The molecule has 1 N–H and O–H groups in total. The number of nitrogens with zero attached hydrogens (tertiary/aromatic N) is 2. The summed E-state index contributed by atoms with van der Waals surface area (Å²) in [6.07, 6.45) is -0.409. The largest absolute Gasteiger partial charge is 0.366 e. The van der Waals surface area contributed by atoms with E-state index in [0.29, 0.717) is 18.9 Å². The Morgan fingerprint density at radius 2 is 1.87 bits per heavy atom. The molecule has 4 rings (SSSR count). The number of hydrogen-bond donors (Lipinski definition) is 1. The molecule has 2 atom stereocenters. The van der Waals surface area contributed by atoms with Crippen LogP contribution in [-0.4, -0.2) is 54.9 Å². The Hall–Kier alpha value is -2.29. The zero-order valence-electron chi connectivity index (χ0n) is 17.4. The van der Waals surface area contributed by atoms with Gasteiger partial charge in [0.2, 0.25) is 0 Å². The van der Waals surface area contributed by atoms with Crippen LogP contribution in [0.25, 0.3) is 11.0 Å². The van der Waals surface area contributed by atoms with Crippen molar-refractivity contribution in [1.82, 2.24) is 14.9 Å². The fraction of sp³-hybridized carbons (Fsp3) is 0.409. The number of fused-ring (bicyclic) bond motifs is 1. The molecule has 3 aromatic rings. The molecule has 1 aliphatic rings. The van der Waals surface area contributed by atoms with E-state index in [1.54, 1.807) is 24.3 Å². The van der Waals surface area contributed by atoms with Crippen LogP contribution in [-0.2, 0) is 27.7 Å². The Morgan fingerprint density at radius 1 is 1.17 bits per heavy atom. The van der Waals surface area contributed by atoms with E-state index in [-0.39, 0.29) is 18.0 Å². The number of sulfone groups is 1. The molecular formula is C22H26FN3O3S. The molecule has 0 amide bonds. The second-order valence-electron chi connectivity index (χ2n) is 8.11. The molecule has 1 aliphatic heterocycles. The second-order valence-corrected chi connectivity index (χ2v) is 10.1. The lowest BCUT2D eigenvalue weighted by atomic mass is 10.1. The minimum Gasteiger partial charge on any atom is -0.366 e. The Bertz CT molecular complexity index is 1120. The van der Waals surface area contributed by atoms with Gasteiger partial charge >= 0.3 is 0 Å². The van der Waals surface area contributed by atoms with E-state index in [1.807, 2.05) is 11.0 Å².